The van der Waals surface area contributed by atoms with Gasteiger partial charge in [-0.1, -0.05) is 11.6 Å². The predicted octanol–water partition coefficient (Wildman–Crippen LogP) is 1.11. The van der Waals surface area contributed by atoms with E-state index in [2.05, 4.69) is 15.4 Å². The second kappa shape index (κ2) is 3.26. The van der Waals surface area contributed by atoms with Gasteiger partial charge in [0.15, 0.2) is 0 Å². The van der Waals surface area contributed by atoms with Crippen LogP contribution in [-0.4, -0.2) is 20.2 Å². The molecule has 2 rings (SSSR count). The Kier molecular flexibility index (Phi) is 2.09. The van der Waals surface area contributed by atoms with Crippen molar-refractivity contribution in [2.45, 2.75) is 0 Å². The first-order chi connectivity index (χ1) is 6.66. The topological polar surface area (TPSA) is 69.6 Å². The van der Waals surface area contributed by atoms with E-state index in [1.807, 2.05) is 0 Å². The molecule has 0 unspecified atom stereocenters. The van der Waals surface area contributed by atoms with Crippen molar-refractivity contribution >= 4 is 17.3 Å². The number of hydrogen-bond acceptors (Lipinski definition) is 4. The Morgan fingerprint density at radius 1 is 1.43 bits per heavy atom. The van der Waals surface area contributed by atoms with Crippen LogP contribution in [0.5, 0.6) is 0 Å². The molecule has 5 nitrogen and oxygen atoms in total. The summed E-state index contributed by atoms with van der Waals surface area (Å²) in [4.78, 5) is 1.37. The summed E-state index contributed by atoms with van der Waals surface area (Å²) < 4.78 is 0. The fraction of sp³-hybridized carbons (Fsp3) is 0.125. The van der Waals surface area contributed by atoms with Gasteiger partial charge in [-0.3, -0.25) is 0 Å². The van der Waals surface area contributed by atoms with Crippen molar-refractivity contribution in [3.05, 3.63) is 23.2 Å². The molecule has 1 aromatic carbocycles. The van der Waals surface area contributed by atoms with E-state index < -0.39 is 0 Å². The van der Waals surface area contributed by atoms with Gasteiger partial charge in [0.05, 0.1) is 7.05 Å². The Morgan fingerprint density at radius 2 is 2.21 bits per heavy atom. The summed E-state index contributed by atoms with van der Waals surface area (Å²) in [5.41, 5.74) is 7.04. The minimum atomic E-state index is 0.479. The zero-order valence-corrected chi connectivity index (χ0v) is 8.23. The molecular weight excluding hydrogens is 202 g/mol. The summed E-state index contributed by atoms with van der Waals surface area (Å²) in [6.07, 6.45) is 0. The molecule has 1 aromatic heterocycles. The molecule has 0 amide bonds. The number of aromatic nitrogens is 4. The first kappa shape index (κ1) is 8.96. The van der Waals surface area contributed by atoms with Crippen molar-refractivity contribution in [2.75, 3.05) is 5.73 Å². The minimum absolute atomic E-state index is 0.479. The van der Waals surface area contributed by atoms with Gasteiger partial charge < -0.3 is 5.73 Å². The van der Waals surface area contributed by atoms with Crippen LogP contribution < -0.4 is 5.73 Å². The molecule has 0 aliphatic rings. The van der Waals surface area contributed by atoms with Crippen LogP contribution >= 0.6 is 11.6 Å². The molecule has 2 aromatic rings. The summed E-state index contributed by atoms with van der Waals surface area (Å²) in [6.45, 7) is 0. The second-order valence-electron chi connectivity index (χ2n) is 2.83. The zero-order chi connectivity index (χ0) is 10.1. The number of benzene rings is 1. The Bertz CT molecular complexity index is 465. The lowest BCUT2D eigenvalue weighted by atomic mass is 10.2. The molecule has 0 saturated carbocycles. The molecule has 0 radical (unpaired) electrons. The number of tetrazole rings is 1. The fourth-order valence-electron chi connectivity index (χ4n) is 1.11. The maximum Gasteiger partial charge on any atom is 0.207 e. The van der Waals surface area contributed by atoms with Gasteiger partial charge in [-0.15, -0.1) is 10.2 Å². The number of aryl methyl sites for hydroxylation is 1. The van der Waals surface area contributed by atoms with E-state index in [1.54, 1.807) is 25.2 Å². The molecule has 0 aliphatic heterocycles. The van der Waals surface area contributed by atoms with E-state index in [0.29, 0.717) is 22.1 Å². The number of halogens is 1. The van der Waals surface area contributed by atoms with E-state index >= 15 is 0 Å². The van der Waals surface area contributed by atoms with Crippen LogP contribution in [0.2, 0.25) is 5.02 Å². The summed E-state index contributed by atoms with van der Waals surface area (Å²) in [5.74, 6) is 0.479. The Hall–Kier alpha value is -1.62. The summed E-state index contributed by atoms with van der Waals surface area (Å²) in [6, 6.07) is 5.15. The Morgan fingerprint density at radius 3 is 2.86 bits per heavy atom. The standard InChI is InChI=1S/C8H8ClN5/c1-14-12-8(11-13-14)6-4-5(9)2-3-7(6)10/h2-4H,10H2,1H3. The summed E-state index contributed by atoms with van der Waals surface area (Å²) in [7, 11) is 1.69. The van der Waals surface area contributed by atoms with Gasteiger partial charge in [-0.25, -0.2) is 0 Å². The predicted molar refractivity (Wildman–Crippen MR) is 53.7 cm³/mol. The highest BCUT2D eigenvalue weighted by molar-refractivity contribution is 6.31. The van der Waals surface area contributed by atoms with Gasteiger partial charge in [0.2, 0.25) is 5.82 Å². The third-order valence-electron chi connectivity index (χ3n) is 1.76. The van der Waals surface area contributed by atoms with E-state index in [0.717, 1.165) is 0 Å². The van der Waals surface area contributed by atoms with Crippen molar-refractivity contribution in [3.8, 4) is 11.4 Å². The summed E-state index contributed by atoms with van der Waals surface area (Å²) in [5, 5.41) is 12.2. The Balaban J connectivity index is 2.55. The van der Waals surface area contributed by atoms with E-state index in [9.17, 15) is 0 Å². The number of anilines is 1. The largest absolute Gasteiger partial charge is 0.398 e. The normalized spacial score (nSPS) is 10.4. The quantitative estimate of drug-likeness (QED) is 0.715. The van der Waals surface area contributed by atoms with Crippen LogP contribution in [0.25, 0.3) is 11.4 Å². The van der Waals surface area contributed by atoms with Crippen LogP contribution in [0.15, 0.2) is 18.2 Å². The second-order valence-corrected chi connectivity index (χ2v) is 3.27. The monoisotopic (exact) mass is 209 g/mol. The van der Waals surface area contributed by atoms with Gasteiger partial charge in [-0.2, -0.15) is 4.80 Å². The van der Waals surface area contributed by atoms with Crippen molar-refractivity contribution in [1.82, 2.24) is 20.2 Å². The lowest BCUT2D eigenvalue weighted by Crippen LogP contribution is -1.93. The minimum Gasteiger partial charge on any atom is -0.398 e. The van der Waals surface area contributed by atoms with Crippen LogP contribution in [0.4, 0.5) is 5.69 Å². The van der Waals surface area contributed by atoms with Gasteiger partial charge in [0.1, 0.15) is 0 Å². The van der Waals surface area contributed by atoms with Crippen LogP contribution in [0, 0.1) is 0 Å². The third kappa shape index (κ3) is 1.54. The van der Waals surface area contributed by atoms with Crippen molar-refractivity contribution in [3.63, 3.8) is 0 Å². The van der Waals surface area contributed by atoms with Crippen LogP contribution in [0.1, 0.15) is 0 Å². The molecule has 72 valence electrons. The highest BCUT2D eigenvalue weighted by Crippen LogP contribution is 2.25. The first-order valence-corrected chi connectivity index (χ1v) is 4.34. The molecule has 1 heterocycles. The maximum atomic E-state index is 5.84. The van der Waals surface area contributed by atoms with Crippen LogP contribution in [0.3, 0.4) is 0 Å². The maximum absolute atomic E-state index is 5.84. The first-order valence-electron chi connectivity index (χ1n) is 3.96. The fourth-order valence-corrected chi connectivity index (χ4v) is 1.29. The number of nitrogen functional groups attached to an aromatic ring is 1. The number of rotatable bonds is 1. The highest BCUT2D eigenvalue weighted by atomic mass is 35.5. The zero-order valence-electron chi connectivity index (χ0n) is 7.48. The molecule has 14 heavy (non-hydrogen) atoms. The molecule has 0 bridgehead atoms. The average Bonchev–Trinajstić information content (AvgIpc) is 2.56. The molecule has 0 atom stereocenters. The molecule has 0 saturated heterocycles. The number of nitrogens with two attached hydrogens (primary N) is 1. The molecule has 0 aliphatic carbocycles. The van der Waals surface area contributed by atoms with Gasteiger partial charge in [0, 0.05) is 16.3 Å². The average molecular weight is 210 g/mol. The van der Waals surface area contributed by atoms with E-state index in [1.165, 1.54) is 4.80 Å². The third-order valence-corrected chi connectivity index (χ3v) is 2.00. The van der Waals surface area contributed by atoms with Gasteiger partial charge in [0.25, 0.3) is 0 Å². The number of nitrogens with zero attached hydrogens (tertiary/aromatic N) is 4. The van der Waals surface area contributed by atoms with E-state index in [4.69, 9.17) is 17.3 Å². The van der Waals surface area contributed by atoms with Crippen molar-refractivity contribution < 1.29 is 0 Å². The van der Waals surface area contributed by atoms with Crippen molar-refractivity contribution in [1.29, 1.82) is 0 Å². The van der Waals surface area contributed by atoms with Crippen molar-refractivity contribution in [2.24, 2.45) is 7.05 Å². The lowest BCUT2D eigenvalue weighted by molar-refractivity contribution is 0.630. The van der Waals surface area contributed by atoms with E-state index in [-0.39, 0.29) is 0 Å². The Labute approximate surface area is 85.5 Å². The lowest BCUT2D eigenvalue weighted by Gasteiger charge is -2.00. The molecule has 0 fully saturated rings. The highest BCUT2D eigenvalue weighted by Gasteiger charge is 2.08. The number of hydrogen-bond donors (Lipinski definition) is 1. The molecule has 2 N–H and O–H groups in total. The summed E-state index contributed by atoms with van der Waals surface area (Å²) >= 11 is 5.84. The SMILES string of the molecule is Cn1nnc(-c2cc(Cl)ccc2N)n1. The van der Waals surface area contributed by atoms with Gasteiger partial charge >= 0.3 is 0 Å². The molecule has 6 heteroatoms. The molecule has 0 spiro atoms. The van der Waals surface area contributed by atoms with Gasteiger partial charge in [-0.05, 0) is 23.4 Å². The smallest absolute Gasteiger partial charge is 0.207 e. The van der Waals surface area contributed by atoms with Crippen LogP contribution in [-0.2, 0) is 7.05 Å². The molecular formula is C8H8ClN5.